The van der Waals surface area contributed by atoms with Crippen molar-refractivity contribution in [2.75, 3.05) is 19.7 Å². The van der Waals surface area contributed by atoms with Gasteiger partial charge in [0, 0.05) is 17.8 Å². The number of nitrogens with zero attached hydrogens (tertiary/aromatic N) is 2. The van der Waals surface area contributed by atoms with Gasteiger partial charge in [0.1, 0.15) is 12.2 Å². The maximum absolute atomic E-state index is 12.9. The summed E-state index contributed by atoms with van der Waals surface area (Å²) in [7, 11) is 0. The van der Waals surface area contributed by atoms with Crippen LogP contribution in [-0.4, -0.2) is 52.2 Å². The van der Waals surface area contributed by atoms with Gasteiger partial charge < -0.3 is 14.7 Å². The molecule has 1 aliphatic rings. The molecule has 1 aromatic heterocycles. The van der Waals surface area contributed by atoms with Gasteiger partial charge in [-0.05, 0) is 13.0 Å². The molecule has 7 heteroatoms. The standard InChI is InChI=1S/C12H13FN2O4/c1-12(19-5-10(16)17)6-15(7-12)11(18)8-2-3-14-9(13)4-8/h2-4H,5-7H2,1H3,(H,16,17). The lowest BCUT2D eigenvalue weighted by atomic mass is 9.95. The van der Waals surface area contributed by atoms with Crippen LogP contribution >= 0.6 is 0 Å². The molecule has 19 heavy (non-hydrogen) atoms. The van der Waals surface area contributed by atoms with Crippen molar-refractivity contribution in [3.05, 3.63) is 29.8 Å². The Kier molecular flexibility index (Phi) is 3.48. The minimum atomic E-state index is -1.05. The van der Waals surface area contributed by atoms with Crippen molar-refractivity contribution in [3.63, 3.8) is 0 Å². The van der Waals surface area contributed by atoms with Crippen LogP contribution < -0.4 is 0 Å². The first kappa shape index (κ1) is 13.4. The lowest BCUT2D eigenvalue weighted by Gasteiger charge is -2.47. The van der Waals surface area contributed by atoms with E-state index >= 15 is 0 Å². The summed E-state index contributed by atoms with van der Waals surface area (Å²) in [6, 6.07) is 2.50. The Morgan fingerprint density at radius 3 is 2.84 bits per heavy atom. The van der Waals surface area contributed by atoms with Crippen LogP contribution in [0.25, 0.3) is 0 Å². The van der Waals surface area contributed by atoms with Gasteiger partial charge in [0.15, 0.2) is 0 Å². The van der Waals surface area contributed by atoms with Gasteiger partial charge in [0.05, 0.1) is 13.1 Å². The number of amides is 1. The van der Waals surface area contributed by atoms with Crippen molar-refractivity contribution < 1.29 is 23.8 Å². The SMILES string of the molecule is CC1(OCC(=O)O)CN(C(=O)c2ccnc(F)c2)C1. The fraction of sp³-hybridized carbons (Fsp3) is 0.417. The highest BCUT2D eigenvalue weighted by molar-refractivity contribution is 5.94. The number of hydrogen-bond donors (Lipinski definition) is 1. The highest BCUT2D eigenvalue weighted by atomic mass is 19.1. The molecule has 1 amide bonds. The lowest BCUT2D eigenvalue weighted by Crippen LogP contribution is -2.63. The summed E-state index contributed by atoms with van der Waals surface area (Å²) >= 11 is 0. The average Bonchev–Trinajstić information content (AvgIpc) is 2.32. The van der Waals surface area contributed by atoms with Crippen molar-refractivity contribution in [2.45, 2.75) is 12.5 Å². The highest BCUT2D eigenvalue weighted by Crippen LogP contribution is 2.26. The topological polar surface area (TPSA) is 79.7 Å². The Morgan fingerprint density at radius 2 is 2.26 bits per heavy atom. The summed E-state index contributed by atoms with van der Waals surface area (Å²) in [6.45, 7) is 1.89. The summed E-state index contributed by atoms with van der Waals surface area (Å²) in [5.74, 6) is -2.09. The van der Waals surface area contributed by atoms with Gasteiger partial charge in [0.2, 0.25) is 5.95 Å². The van der Waals surface area contributed by atoms with E-state index in [9.17, 15) is 14.0 Å². The average molecular weight is 268 g/mol. The zero-order valence-electron chi connectivity index (χ0n) is 10.3. The molecule has 1 fully saturated rings. The Hall–Kier alpha value is -2.02. The molecule has 2 heterocycles. The number of likely N-dealkylation sites (tertiary alicyclic amines) is 1. The van der Waals surface area contributed by atoms with Crippen molar-refractivity contribution >= 4 is 11.9 Å². The fourth-order valence-electron chi connectivity index (χ4n) is 1.95. The highest BCUT2D eigenvalue weighted by Gasteiger charge is 2.43. The molecule has 0 aliphatic carbocycles. The van der Waals surface area contributed by atoms with Gasteiger partial charge in [-0.2, -0.15) is 4.39 Å². The van der Waals surface area contributed by atoms with E-state index in [1.807, 2.05) is 0 Å². The molecule has 102 valence electrons. The number of aliphatic carboxylic acids is 1. The Labute approximate surface area is 108 Å². The quantitative estimate of drug-likeness (QED) is 0.806. The maximum Gasteiger partial charge on any atom is 0.329 e. The first-order valence-electron chi connectivity index (χ1n) is 5.66. The van der Waals surface area contributed by atoms with Crippen LogP contribution in [0.4, 0.5) is 4.39 Å². The molecular formula is C12H13FN2O4. The van der Waals surface area contributed by atoms with Crippen LogP contribution in [0.5, 0.6) is 0 Å². The Balaban J connectivity index is 1.93. The summed E-state index contributed by atoms with van der Waals surface area (Å²) in [5, 5.41) is 8.53. The number of pyridine rings is 1. The molecule has 1 aromatic rings. The summed E-state index contributed by atoms with van der Waals surface area (Å²) in [4.78, 5) is 27.2. The van der Waals surface area contributed by atoms with Gasteiger partial charge in [-0.1, -0.05) is 0 Å². The number of hydrogen-bond acceptors (Lipinski definition) is 4. The van der Waals surface area contributed by atoms with E-state index in [2.05, 4.69) is 4.98 Å². The van der Waals surface area contributed by atoms with Crippen molar-refractivity contribution in [1.29, 1.82) is 0 Å². The van der Waals surface area contributed by atoms with E-state index in [0.717, 1.165) is 6.07 Å². The molecule has 0 bridgehead atoms. The number of aromatic nitrogens is 1. The molecule has 1 N–H and O–H groups in total. The van der Waals surface area contributed by atoms with Gasteiger partial charge in [-0.25, -0.2) is 9.78 Å². The number of carbonyl (C=O) groups is 2. The van der Waals surface area contributed by atoms with Crippen LogP contribution in [0.3, 0.4) is 0 Å². The lowest BCUT2D eigenvalue weighted by molar-refractivity contribution is -0.159. The zero-order valence-corrected chi connectivity index (χ0v) is 10.3. The van der Waals surface area contributed by atoms with E-state index in [-0.39, 0.29) is 24.6 Å². The molecule has 0 spiro atoms. The maximum atomic E-state index is 12.9. The van der Waals surface area contributed by atoms with Crippen LogP contribution in [0.2, 0.25) is 0 Å². The number of halogens is 1. The third kappa shape index (κ3) is 3.05. The van der Waals surface area contributed by atoms with E-state index in [1.54, 1.807) is 6.92 Å². The molecule has 1 saturated heterocycles. The van der Waals surface area contributed by atoms with Gasteiger partial charge in [-0.15, -0.1) is 0 Å². The predicted octanol–water partition coefficient (Wildman–Crippen LogP) is 0.536. The second-order valence-corrected chi connectivity index (χ2v) is 4.66. The zero-order chi connectivity index (χ0) is 14.0. The minimum Gasteiger partial charge on any atom is -0.480 e. The van der Waals surface area contributed by atoms with Gasteiger partial charge >= 0.3 is 5.97 Å². The van der Waals surface area contributed by atoms with Crippen molar-refractivity contribution in [1.82, 2.24) is 9.88 Å². The normalized spacial score (nSPS) is 16.8. The number of carboxylic acids is 1. The Bertz CT molecular complexity index is 514. The van der Waals surface area contributed by atoms with Crippen LogP contribution in [0.15, 0.2) is 18.3 Å². The Morgan fingerprint density at radius 1 is 1.58 bits per heavy atom. The molecule has 0 atom stereocenters. The monoisotopic (exact) mass is 268 g/mol. The number of carboxylic acid groups (broad SMARTS) is 1. The third-order valence-corrected chi connectivity index (χ3v) is 2.86. The molecule has 2 rings (SSSR count). The van der Waals surface area contributed by atoms with E-state index < -0.39 is 24.1 Å². The number of ether oxygens (including phenoxy) is 1. The molecule has 6 nitrogen and oxygen atoms in total. The van der Waals surface area contributed by atoms with E-state index in [0.29, 0.717) is 0 Å². The molecular weight excluding hydrogens is 255 g/mol. The largest absolute Gasteiger partial charge is 0.480 e. The molecule has 0 radical (unpaired) electrons. The van der Waals surface area contributed by atoms with Crippen LogP contribution in [0.1, 0.15) is 17.3 Å². The third-order valence-electron chi connectivity index (χ3n) is 2.86. The van der Waals surface area contributed by atoms with E-state index in [4.69, 9.17) is 9.84 Å². The fourth-order valence-corrected chi connectivity index (χ4v) is 1.95. The molecule has 0 aromatic carbocycles. The van der Waals surface area contributed by atoms with E-state index in [1.165, 1.54) is 17.2 Å². The second kappa shape index (κ2) is 4.93. The van der Waals surface area contributed by atoms with Crippen LogP contribution in [-0.2, 0) is 9.53 Å². The molecule has 0 saturated carbocycles. The van der Waals surface area contributed by atoms with Crippen LogP contribution in [0, 0.1) is 5.95 Å². The minimum absolute atomic E-state index is 0.216. The summed E-state index contributed by atoms with van der Waals surface area (Å²) in [6.07, 6.45) is 1.22. The summed E-state index contributed by atoms with van der Waals surface area (Å²) in [5.41, 5.74) is -0.438. The molecule has 0 unspecified atom stereocenters. The first-order valence-corrected chi connectivity index (χ1v) is 5.66. The van der Waals surface area contributed by atoms with Crippen molar-refractivity contribution in [2.24, 2.45) is 0 Å². The number of rotatable bonds is 4. The number of carbonyl (C=O) groups excluding carboxylic acids is 1. The summed E-state index contributed by atoms with van der Waals surface area (Å²) < 4.78 is 18.1. The molecule has 1 aliphatic heterocycles. The predicted molar refractivity (Wildman–Crippen MR) is 62.1 cm³/mol. The van der Waals surface area contributed by atoms with Gasteiger partial charge in [0.25, 0.3) is 5.91 Å². The second-order valence-electron chi connectivity index (χ2n) is 4.66. The smallest absolute Gasteiger partial charge is 0.329 e. The van der Waals surface area contributed by atoms with Gasteiger partial charge in [-0.3, -0.25) is 4.79 Å². The first-order chi connectivity index (χ1) is 8.89. The van der Waals surface area contributed by atoms with Crippen molar-refractivity contribution in [3.8, 4) is 0 Å².